The third-order valence-electron chi connectivity index (χ3n) is 4.16. The molecular formula is C18H20N2O4S2. The molecule has 0 aliphatic carbocycles. The summed E-state index contributed by atoms with van der Waals surface area (Å²) in [7, 11) is -3.28. The number of nitrogens with one attached hydrogen (secondary N) is 1. The molecule has 0 saturated carbocycles. The maximum absolute atomic E-state index is 12.8. The monoisotopic (exact) mass is 392 g/mol. The molecule has 1 aromatic heterocycles. The first-order chi connectivity index (χ1) is 12.4. The van der Waals surface area contributed by atoms with Crippen molar-refractivity contribution < 1.29 is 17.9 Å². The maximum atomic E-state index is 12.8. The largest absolute Gasteiger partial charge is 0.381 e. The van der Waals surface area contributed by atoms with Crippen molar-refractivity contribution >= 4 is 37.8 Å². The van der Waals surface area contributed by atoms with Gasteiger partial charge in [0.2, 0.25) is 0 Å². The fourth-order valence-electron chi connectivity index (χ4n) is 2.75. The van der Waals surface area contributed by atoms with Gasteiger partial charge in [0.25, 0.3) is 5.91 Å². The van der Waals surface area contributed by atoms with E-state index in [4.69, 9.17) is 4.74 Å². The van der Waals surface area contributed by atoms with E-state index >= 15 is 0 Å². The van der Waals surface area contributed by atoms with Crippen LogP contribution in [0.5, 0.6) is 0 Å². The minimum atomic E-state index is -3.28. The predicted octanol–water partition coefficient (Wildman–Crippen LogP) is 3.00. The van der Waals surface area contributed by atoms with Gasteiger partial charge in [0.1, 0.15) is 0 Å². The van der Waals surface area contributed by atoms with Crippen LogP contribution in [0.4, 0.5) is 5.13 Å². The van der Waals surface area contributed by atoms with Crippen LogP contribution >= 0.6 is 11.3 Å². The number of benzene rings is 1. The Morgan fingerprint density at radius 2 is 1.96 bits per heavy atom. The Bertz CT molecular complexity index is 882. The number of hydrogen-bond donors (Lipinski definition) is 1. The first-order valence-electron chi connectivity index (χ1n) is 8.24. The summed E-state index contributed by atoms with van der Waals surface area (Å²) in [4.78, 5) is 17.1. The molecule has 1 fully saturated rings. The Morgan fingerprint density at radius 1 is 1.27 bits per heavy atom. The van der Waals surface area contributed by atoms with Gasteiger partial charge in [0.05, 0.1) is 4.90 Å². The average Bonchev–Trinajstić information content (AvgIpc) is 3.13. The Morgan fingerprint density at radius 3 is 2.54 bits per heavy atom. The summed E-state index contributed by atoms with van der Waals surface area (Å²) >= 11 is 1.35. The van der Waals surface area contributed by atoms with Crippen LogP contribution in [0.3, 0.4) is 0 Å². The van der Waals surface area contributed by atoms with Crippen LogP contribution in [0, 0.1) is 5.92 Å². The number of hydrogen-bond acceptors (Lipinski definition) is 6. The highest BCUT2D eigenvalue weighted by molar-refractivity contribution is 7.90. The summed E-state index contributed by atoms with van der Waals surface area (Å²) in [5, 5.41) is 5.12. The van der Waals surface area contributed by atoms with Crippen molar-refractivity contribution in [3.8, 4) is 0 Å². The summed E-state index contributed by atoms with van der Waals surface area (Å²) in [6.07, 6.45) is 6.46. The van der Waals surface area contributed by atoms with Crippen molar-refractivity contribution in [2.45, 2.75) is 17.7 Å². The van der Waals surface area contributed by atoms with Crippen molar-refractivity contribution in [1.29, 1.82) is 0 Å². The number of ether oxygens (including phenoxy) is 1. The molecule has 0 atom stereocenters. The summed E-state index contributed by atoms with van der Waals surface area (Å²) in [6.45, 7) is 1.35. The van der Waals surface area contributed by atoms with Gasteiger partial charge in [-0.3, -0.25) is 10.1 Å². The molecule has 1 aliphatic heterocycles. The number of thiazole rings is 1. The van der Waals surface area contributed by atoms with Crippen LogP contribution in [-0.4, -0.2) is 38.8 Å². The minimum absolute atomic E-state index is 0.229. The van der Waals surface area contributed by atoms with Crippen molar-refractivity contribution in [1.82, 2.24) is 4.98 Å². The van der Waals surface area contributed by atoms with Crippen molar-refractivity contribution in [3.05, 3.63) is 47.5 Å². The molecule has 2 aromatic rings. The normalized spacial score (nSPS) is 16.4. The summed E-state index contributed by atoms with van der Waals surface area (Å²) in [6, 6.07) is 6.39. The smallest absolute Gasteiger partial charge is 0.257 e. The molecule has 1 saturated heterocycles. The predicted molar refractivity (Wildman–Crippen MR) is 102 cm³/mol. The highest BCUT2D eigenvalue weighted by atomic mass is 32.2. The van der Waals surface area contributed by atoms with E-state index in [0.29, 0.717) is 29.5 Å². The quantitative estimate of drug-likeness (QED) is 0.791. The zero-order valence-corrected chi connectivity index (χ0v) is 16.0. The lowest BCUT2D eigenvalue weighted by molar-refractivity contribution is -0.111. The number of nitrogens with zero attached hydrogens (tertiary/aromatic N) is 1. The van der Waals surface area contributed by atoms with E-state index in [1.165, 1.54) is 23.5 Å². The molecule has 1 amide bonds. The summed E-state index contributed by atoms with van der Waals surface area (Å²) in [5.41, 5.74) is 1.20. The third kappa shape index (κ3) is 4.78. The first kappa shape index (κ1) is 18.8. The van der Waals surface area contributed by atoms with Gasteiger partial charge in [-0.25, -0.2) is 13.4 Å². The molecule has 3 rings (SSSR count). The molecule has 8 heteroatoms. The number of rotatable bonds is 5. The van der Waals surface area contributed by atoms with Gasteiger partial charge < -0.3 is 4.74 Å². The van der Waals surface area contributed by atoms with Crippen LogP contribution < -0.4 is 5.32 Å². The molecule has 0 unspecified atom stereocenters. The molecular weight excluding hydrogens is 372 g/mol. The standard InChI is InChI=1S/C18H20N2O4S2/c1-26(22,23)15-4-2-14(3-5-15)16(12-13-6-9-24-10-7-13)17(21)20-18-19-8-11-25-18/h2-5,8,11-13H,6-7,9-10H2,1H3,(H,19,20,21)/b16-12+. The van der Waals surface area contributed by atoms with Gasteiger partial charge in [0.15, 0.2) is 15.0 Å². The second-order valence-corrected chi connectivity index (χ2v) is 9.03. The highest BCUT2D eigenvalue weighted by Gasteiger charge is 2.19. The lowest BCUT2D eigenvalue weighted by atomic mass is 9.94. The average molecular weight is 393 g/mol. The number of amides is 1. The zero-order chi connectivity index (χ0) is 18.6. The number of carbonyl (C=O) groups is 1. The Hall–Kier alpha value is -2.03. The number of carbonyl (C=O) groups excluding carboxylic acids is 1. The zero-order valence-electron chi connectivity index (χ0n) is 14.3. The molecule has 26 heavy (non-hydrogen) atoms. The van der Waals surface area contributed by atoms with E-state index in [2.05, 4.69) is 10.3 Å². The van der Waals surface area contributed by atoms with Crippen LogP contribution in [0.2, 0.25) is 0 Å². The maximum Gasteiger partial charge on any atom is 0.257 e. The first-order valence-corrected chi connectivity index (χ1v) is 11.0. The Labute approximate surface area is 156 Å². The van der Waals surface area contributed by atoms with Gasteiger partial charge in [-0.15, -0.1) is 11.3 Å². The number of aromatic nitrogens is 1. The highest BCUT2D eigenvalue weighted by Crippen LogP contribution is 2.25. The molecule has 138 valence electrons. The van der Waals surface area contributed by atoms with E-state index in [1.54, 1.807) is 23.7 Å². The summed E-state index contributed by atoms with van der Waals surface area (Å²) in [5.74, 6) is -0.00562. The van der Waals surface area contributed by atoms with E-state index in [1.807, 2.05) is 6.08 Å². The number of anilines is 1. The van der Waals surface area contributed by atoms with Gasteiger partial charge >= 0.3 is 0 Å². The molecule has 0 bridgehead atoms. The van der Waals surface area contributed by atoms with Crippen molar-refractivity contribution in [2.75, 3.05) is 24.8 Å². The van der Waals surface area contributed by atoms with Crippen molar-refractivity contribution in [3.63, 3.8) is 0 Å². The lowest BCUT2D eigenvalue weighted by Crippen LogP contribution is -2.18. The number of sulfone groups is 1. The second-order valence-electron chi connectivity index (χ2n) is 6.12. The molecule has 1 aliphatic rings. The van der Waals surface area contributed by atoms with Gasteiger partial charge in [0, 0.05) is 36.6 Å². The van der Waals surface area contributed by atoms with Crippen LogP contribution in [0.25, 0.3) is 5.57 Å². The SMILES string of the molecule is CS(=O)(=O)c1ccc(/C(=C\C2CCOCC2)C(=O)Nc2nccs2)cc1. The Balaban J connectivity index is 1.91. The van der Waals surface area contributed by atoms with E-state index < -0.39 is 9.84 Å². The fraction of sp³-hybridized carbons (Fsp3) is 0.333. The third-order valence-corrected chi connectivity index (χ3v) is 5.98. The lowest BCUT2D eigenvalue weighted by Gasteiger charge is -2.20. The van der Waals surface area contributed by atoms with Crippen LogP contribution in [0.1, 0.15) is 18.4 Å². The molecule has 1 aromatic carbocycles. The topological polar surface area (TPSA) is 85.4 Å². The molecule has 0 spiro atoms. The molecule has 0 radical (unpaired) electrons. The summed E-state index contributed by atoms with van der Waals surface area (Å²) < 4.78 is 28.7. The van der Waals surface area contributed by atoms with Gasteiger partial charge in [-0.2, -0.15) is 0 Å². The van der Waals surface area contributed by atoms with Crippen molar-refractivity contribution in [2.24, 2.45) is 5.92 Å². The van der Waals surface area contributed by atoms with Crippen LogP contribution in [0.15, 0.2) is 46.8 Å². The van der Waals surface area contributed by atoms with Gasteiger partial charge in [-0.05, 0) is 36.5 Å². The molecule has 1 N–H and O–H groups in total. The van der Waals surface area contributed by atoms with E-state index in [9.17, 15) is 13.2 Å². The number of allylic oxidation sites excluding steroid dienone is 1. The molecule has 2 heterocycles. The van der Waals surface area contributed by atoms with E-state index in [0.717, 1.165) is 19.1 Å². The fourth-order valence-corrected chi connectivity index (χ4v) is 3.91. The van der Waals surface area contributed by atoms with E-state index in [-0.39, 0.29) is 16.7 Å². The van der Waals surface area contributed by atoms with Crippen LogP contribution in [-0.2, 0) is 19.4 Å². The Kier molecular flexibility index (Phi) is 5.85. The minimum Gasteiger partial charge on any atom is -0.381 e. The molecule has 6 nitrogen and oxygen atoms in total. The second kappa shape index (κ2) is 8.11. The van der Waals surface area contributed by atoms with Gasteiger partial charge in [-0.1, -0.05) is 18.2 Å².